The molecule has 1 aliphatic carbocycles. The molecule has 0 bridgehead atoms. The normalized spacial score (nSPS) is 18.6. The molecule has 6 atom stereocenters. The Kier molecular flexibility index (Phi) is 15.3. The van der Waals surface area contributed by atoms with Gasteiger partial charge in [-0.1, -0.05) is 129 Å². The third-order valence-electron chi connectivity index (χ3n) is 12.9. The van der Waals surface area contributed by atoms with E-state index in [1.54, 1.807) is 20.8 Å². The van der Waals surface area contributed by atoms with Gasteiger partial charge in [-0.15, -0.1) is 0 Å². The largest absolute Gasteiger partial charge is 0.458 e. The standard InChI is InChI=1S/C53H63N5O8/c1-6-34(2)46(49(61)55-43(32-36-21-11-8-12-22-36)50(62)57-29-18-28-45(57)51(63)66-53(3,4)5)56-47(59)42(31-35-19-9-7-10-20-35)54-48(60)44-27-17-30-58(44)52(64)65-33-41-39-25-15-13-23-37(39)38-24-14-16-26-40(38)41/h7-16,19-26,34,41-46H,6,17-18,27-33H2,1-5H3,(H,54,60)(H,55,61)(H,56,59)/t34-,42-,43-,44-,45-,46-/m0/s1. The molecule has 348 valence electrons. The van der Waals surface area contributed by atoms with E-state index in [0.717, 1.165) is 33.4 Å². The number of esters is 1. The highest BCUT2D eigenvalue weighted by atomic mass is 16.6. The van der Waals surface area contributed by atoms with Crippen LogP contribution in [0.1, 0.15) is 94.9 Å². The van der Waals surface area contributed by atoms with Crippen LogP contribution < -0.4 is 16.0 Å². The van der Waals surface area contributed by atoms with Crippen molar-refractivity contribution in [2.24, 2.45) is 5.92 Å². The van der Waals surface area contributed by atoms with Crippen LogP contribution in [-0.2, 0) is 46.3 Å². The van der Waals surface area contributed by atoms with Crippen LogP contribution in [-0.4, -0.2) is 101 Å². The zero-order valence-electron chi connectivity index (χ0n) is 38.7. The highest BCUT2D eigenvalue weighted by molar-refractivity contribution is 5.96. The van der Waals surface area contributed by atoms with E-state index in [2.05, 4.69) is 28.1 Å². The molecule has 4 aromatic carbocycles. The average molecular weight is 898 g/mol. The van der Waals surface area contributed by atoms with Crippen molar-refractivity contribution in [2.75, 3.05) is 19.7 Å². The Morgan fingerprint density at radius 2 is 1.18 bits per heavy atom. The number of rotatable bonds is 16. The summed E-state index contributed by atoms with van der Waals surface area (Å²) in [6, 6.07) is 29.8. The summed E-state index contributed by atoms with van der Waals surface area (Å²) < 4.78 is 11.6. The molecule has 7 rings (SSSR count). The topological polar surface area (TPSA) is 163 Å². The molecule has 0 spiro atoms. The molecule has 13 heteroatoms. The molecule has 0 aromatic heterocycles. The highest BCUT2D eigenvalue weighted by Gasteiger charge is 2.42. The first-order valence-electron chi connectivity index (χ1n) is 23.4. The molecule has 5 amide bonds. The van der Waals surface area contributed by atoms with Crippen LogP contribution in [0.5, 0.6) is 0 Å². The van der Waals surface area contributed by atoms with Crippen LogP contribution in [0.2, 0.25) is 0 Å². The molecule has 3 aliphatic rings. The lowest BCUT2D eigenvalue weighted by Crippen LogP contribution is -2.60. The van der Waals surface area contributed by atoms with Crippen molar-refractivity contribution in [1.29, 1.82) is 0 Å². The fourth-order valence-electron chi connectivity index (χ4n) is 9.37. The maximum Gasteiger partial charge on any atom is 0.410 e. The second kappa shape index (κ2) is 21.2. The zero-order valence-corrected chi connectivity index (χ0v) is 38.7. The first-order valence-corrected chi connectivity index (χ1v) is 23.4. The van der Waals surface area contributed by atoms with Gasteiger partial charge < -0.3 is 30.3 Å². The van der Waals surface area contributed by atoms with Crippen LogP contribution in [0.15, 0.2) is 109 Å². The molecule has 2 heterocycles. The highest BCUT2D eigenvalue weighted by Crippen LogP contribution is 2.44. The second-order valence-corrected chi connectivity index (χ2v) is 18.8. The van der Waals surface area contributed by atoms with E-state index in [9.17, 15) is 28.8 Å². The number of carbonyl (C=O) groups excluding carboxylic acids is 6. The van der Waals surface area contributed by atoms with Crippen molar-refractivity contribution in [3.63, 3.8) is 0 Å². The summed E-state index contributed by atoms with van der Waals surface area (Å²) in [6.45, 7) is 9.83. The molecular formula is C53H63N5O8. The lowest BCUT2D eigenvalue weighted by molar-refractivity contribution is -0.163. The third kappa shape index (κ3) is 11.3. The molecule has 0 radical (unpaired) electrons. The summed E-state index contributed by atoms with van der Waals surface area (Å²) in [6.07, 6.45) is 2.18. The first-order chi connectivity index (χ1) is 31.7. The van der Waals surface area contributed by atoms with Crippen LogP contribution >= 0.6 is 0 Å². The van der Waals surface area contributed by atoms with E-state index in [-0.39, 0.29) is 31.3 Å². The number of nitrogens with zero attached hydrogens (tertiary/aromatic N) is 2. The van der Waals surface area contributed by atoms with Gasteiger partial charge in [0.1, 0.15) is 42.4 Å². The van der Waals surface area contributed by atoms with Gasteiger partial charge in [0, 0.05) is 31.8 Å². The minimum Gasteiger partial charge on any atom is -0.458 e. The smallest absolute Gasteiger partial charge is 0.410 e. The van der Waals surface area contributed by atoms with Gasteiger partial charge >= 0.3 is 12.1 Å². The van der Waals surface area contributed by atoms with E-state index in [0.29, 0.717) is 45.2 Å². The van der Waals surface area contributed by atoms with Gasteiger partial charge in [0.15, 0.2) is 0 Å². The Labute approximate surface area is 388 Å². The Balaban J connectivity index is 1.06. The molecule has 2 aliphatic heterocycles. The van der Waals surface area contributed by atoms with Crippen molar-refractivity contribution < 1.29 is 38.2 Å². The number of hydrogen-bond donors (Lipinski definition) is 3. The van der Waals surface area contributed by atoms with E-state index < -0.39 is 71.5 Å². The molecule has 3 N–H and O–H groups in total. The molecule has 13 nitrogen and oxygen atoms in total. The van der Waals surface area contributed by atoms with E-state index in [1.165, 1.54) is 9.80 Å². The molecular weight excluding hydrogens is 835 g/mol. The molecule has 66 heavy (non-hydrogen) atoms. The van der Waals surface area contributed by atoms with Gasteiger partial charge in [-0.25, -0.2) is 9.59 Å². The zero-order chi connectivity index (χ0) is 47.0. The summed E-state index contributed by atoms with van der Waals surface area (Å²) in [7, 11) is 0. The van der Waals surface area contributed by atoms with Gasteiger partial charge in [0.2, 0.25) is 23.6 Å². The Morgan fingerprint density at radius 3 is 1.76 bits per heavy atom. The van der Waals surface area contributed by atoms with Gasteiger partial charge in [-0.05, 0) is 85.8 Å². The van der Waals surface area contributed by atoms with Crippen LogP contribution in [0.4, 0.5) is 4.79 Å². The molecule has 2 fully saturated rings. The van der Waals surface area contributed by atoms with Gasteiger partial charge in [-0.3, -0.25) is 24.1 Å². The number of fused-ring (bicyclic) bond motifs is 3. The Bertz CT molecular complexity index is 2320. The van der Waals surface area contributed by atoms with Gasteiger partial charge in [-0.2, -0.15) is 0 Å². The average Bonchev–Trinajstić information content (AvgIpc) is 4.08. The number of nitrogens with one attached hydrogen (secondary N) is 3. The second-order valence-electron chi connectivity index (χ2n) is 18.8. The minimum atomic E-state index is -1.12. The van der Waals surface area contributed by atoms with Crippen molar-refractivity contribution >= 4 is 35.7 Å². The third-order valence-corrected chi connectivity index (χ3v) is 12.9. The number of ether oxygens (including phenoxy) is 2. The number of likely N-dealkylation sites (tertiary alicyclic amines) is 2. The van der Waals surface area contributed by atoms with Crippen molar-refractivity contribution in [2.45, 2.75) is 121 Å². The Hall–Kier alpha value is -6.50. The number of benzene rings is 4. The maximum absolute atomic E-state index is 14.5. The van der Waals surface area contributed by atoms with Crippen molar-refractivity contribution in [1.82, 2.24) is 25.8 Å². The molecule has 0 saturated carbocycles. The maximum atomic E-state index is 14.5. The summed E-state index contributed by atoms with van der Waals surface area (Å²) in [4.78, 5) is 87.7. The predicted octanol–water partition coefficient (Wildman–Crippen LogP) is 6.72. The van der Waals surface area contributed by atoms with Crippen LogP contribution in [0.25, 0.3) is 11.1 Å². The summed E-state index contributed by atoms with van der Waals surface area (Å²) in [5, 5.41) is 8.85. The molecule has 2 saturated heterocycles. The number of amides is 5. The number of hydrogen-bond acceptors (Lipinski definition) is 8. The van der Waals surface area contributed by atoms with Crippen molar-refractivity contribution in [3.8, 4) is 11.1 Å². The first kappa shape index (κ1) is 47.5. The van der Waals surface area contributed by atoms with Crippen LogP contribution in [0, 0.1) is 5.92 Å². The van der Waals surface area contributed by atoms with E-state index in [4.69, 9.17) is 9.47 Å². The van der Waals surface area contributed by atoms with Crippen molar-refractivity contribution in [3.05, 3.63) is 131 Å². The van der Waals surface area contributed by atoms with E-state index in [1.807, 2.05) is 111 Å². The Morgan fingerprint density at radius 1 is 0.652 bits per heavy atom. The summed E-state index contributed by atoms with van der Waals surface area (Å²) >= 11 is 0. The summed E-state index contributed by atoms with van der Waals surface area (Å²) in [5.41, 5.74) is 5.22. The fourth-order valence-corrected chi connectivity index (χ4v) is 9.37. The molecule has 0 unspecified atom stereocenters. The fraction of sp³-hybridized carbons (Fsp3) is 0.434. The monoisotopic (exact) mass is 897 g/mol. The van der Waals surface area contributed by atoms with E-state index >= 15 is 0 Å². The quantitative estimate of drug-likeness (QED) is 0.105. The number of carbonyl (C=O) groups is 6. The lowest BCUT2D eigenvalue weighted by atomic mass is 9.96. The van der Waals surface area contributed by atoms with Gasteiger partial charge in [0.05, 0.1) is 0 Å². The predicted molar refractivity (Wildman–Crippen MR) is 251 cm³/mol. The SMILES string of the molecule is CC[C@H](C)[C@H](NC(=O)[C@H](Cc1ccccc1)NC(=O)[C@@H]1CCCN1C(=O)OCC1c2ccccc2-c2ccccc21)C(=O)N[C@@H](Cc1ccccc1)C(=O)N1CCC[C@H]1C(=O)OC(C)(C)C. The lowest BCUT2D eigenvalue weighted by Gasteiger charge is -2.32. The van der Waals surface area contributed by atoms with Gasteiger partial charge in [0.25, 0.3) is 0 Å². The summed E-state index contributed by atoms with van der Waals surface area (Å²) in [5.74, 6) is -3.09. The molecule has 4 aromatic rings. The minimum absolute atomic E-state index is 0.107. The van der Waals surface area contributed by atoms with Crippen LogP contribution in [0.3, 0.4) is 0 Å².